The van der Waals surface area contributed by atoms with Crippen molar-refractivity contribution in [2.24, 2.45) is 0 Å². The largest absolute Gasteiger partial charge is 0.354 e. The molecule has 0 bridgehead atoms. The van der Waals surface area contributed by atoms with Crippen LogP contribution in [0.25, 0.3) is 0 Å². The van der Waals surface area contributed by atoms with Crippen molar-refractivity contribution in [1.82, 2.24) is 20.2 Å². The third-order valence-electron chi connectivity index (χ3n) is 4.17. The van der Waals surface area contributed by atoms with Crippen LogP contribution in [0.1, 0.15) is 23.2 Å². The van der Waals surface area contributed by atoms with Crippen molar-refractivity contribution in [3.63, 3.8) is 0 Å². The molecule has 0 atom stereocenters. The first kappa shape index (κ1) is 17.2. The van der Waals surface area contributed by atoms with E-state index in [1.165, 1.54) is 17.2 Å². The molecule has 7 nitrogen and oxygen atoms in total. The third kappa shape index (κ3) is 4.90. The number of hydrogen-bond acceptors (Lipinski definition) is 5. The van der Waals surface area contributed by atoms with Gasteiger partial charge < -0.3 is 10.6 Å². The Morgan fingerprint density at radius 1 is 1.24 bits per heavy atom. The van der Waals surface area contributed by atoms with Crippen LogP contribution in [0.2, 0.25) is 0 Å². The molecule has 0 radical (unpaired) electrons. The van der Waals surface area contributed by atoms with E-state index in [0.717, 1.165) is 19.6 Å². The minimum atomic E-state index is -0.189. The van der Waals surface area contributed by atoms with Crippen LogP contribution in [0.5, 0.6) is 0 Å². The standard InChI is InChI=1S/C18H23N5O2/c1-13-10-17(25)22-18(21-13)20-8-7-19-16(24)6-9-23-11-14-4-2-3-5-15(14)12-23/h2-5,10H,6-9,11-12H2,1H3,(H,19,24)(H2,20,21,22,25). The topological polar surface area (TPSA) is 90.1 Å². The van der Waals surface area contributed by atoms with Gasteiger partial charge in [0.1, 0.15) is 0 Å². The van der Waals surface area contributed by atoms with Gasteiger partial charge in [-0.3, -0.25) is 19.5 Å². The average Bonchev–Trinajstić information content (AvgIpc) is 2.99. The van der Waals surface area contributed by atoms with Crippen molar-refractivity contribution >= 4 is 11.9 Å². The van der Waals surface area contributed by atoms with Gasteiger partial charge in [0, 0.05) is 50.9 Å². The molecule has 0 saturated carbocycles. The fourth-order valence-electron chi connectivity index (χ4n) is 2.96. The number of nitrogens with zero attached hydrogens (tertiary/aromatic N) is 2. The Kier molecular flexibility index (Phi) is 5.45. The van der Waals surface area contributed by atoms with E-state index in [2.05, 4.69) is 49.8 Å². The molecule has 1 amide bonds. The number of carbonyl (C=O) groups excluding carboxylic acids is 1. The minimum absolute atomic E-state index is 0.0310. The Bertz CT molecular complexity index is 777. The summed E-state index contributed by atoms with van der Waals surface area (Å²) in [6.45, 7) is 5.33. The molecule has 3 N–H and O–H groups in total. The Labute approximate surface area is 146 Å². The number of carbonyl (C=O) groups is 1. The summed E-state index contributed by atoms with van der Waals surface area (Å²) in [5, 5.41) is 5.88. The summed E-state index contributed by atoms with van der Waals surface area (Å²) >= 11 is 0. The first-order valence-corrected chi connectivity index (χ1v) is 8.48. The van der Waals surface area contributed by atoms with Gasteiger partial charge in [-0.25, -0.2) is 4.98 Å². The fraction of sp³-hybridized carbons (Fsp3) is 0.389. The zero-order valence-corrected chi connectivity index (χ0v) is 14.3. The van der Waals surface area contributed by atoms with E-state index in [1.807, 2.05) is 0 Å². The second kappa shape index (κ2) is 7.94. The van der Waals surface area contributed by atoms with E-state index in [1.54, 1.807) is 6.92 Å². The summed E-state index contributed by atoms with van der Waals surface area (Å²) in [4.78, 5) is 32.4. The molecule has 0 aliphatic carbocycles. The SMILES string of the molecule is Cc1cc(=O)[nH]c(NCCNC(=O)CCN2Cc3ccccc3C2)n1. The monoisotopic (exact) mass is 341 g/mol. The highest BCUT2D eigenvalue weighted by atomic mass is 16.1. The zero-order valence-electron chi connectivity index (χ0n) is 14.3. The molecule has 1 aromatic carbocycles. The van der Waals surface area contributed by atoms with Crippen LogP contribution < -0.4 is 16.2 Å². The van der Waals surface area contributed by atoms with Crippen LogP contribution in [0, 0.1) is 6.92 Å². The molecule has 132 valence electrons. The lowest BCUT2D eigenvalue weighted by atomic mass is 10.1. The number of aromatic nitrogens is 2. The van der Waals surface area contributed by atoms with E-state index in [0.29, 0.717) is 31.2 Å². The van der Waals surface area contributed by atoms with Crippen molar-refractivity contribution in [3.8, 4) is 0 Å². The Morgan fingerprint density at radius 2 is 1.96 bits per heavy atom. The van der Waals surface area contributed by atoms with Crippen LogP contribution in [0.3, 0.4) is 0 Å². The van der Waals surface area contributed by atoms with E-state index < -0.39 is 0 Å². The highest BCUT2D eigenvalue weighted by Crippen LogP contribution is 2.21. The van der Waals surface area contributed by atoms with Gasteiger partial charge in [0.05, 0.1) is 0 Å². The van der Waals surface area contributed by atoms with Gasteiger partial charge in [0.15, 0.2) is 0 Å². The highest BCUT2D eigenvalue weighted by Gasteiger charge is 2.18. The van der Waals surface area contributed by atoms with Crippen molar-refractivity contribution < 1.29 is 4.79 Å². The summed E-state index contributed by atoms with van der Waals surface area (Å²) in [5.74, 6) is 0.456. The first-order chi connectivity index (χ1) is 12.1. The number of hydrogen-bond donors (Lipinski definition) is 3. The van der Waals surface area contributed by atoms with Gasteiger partial charge in [0.25, 0.3) is 5.56 Å². The number of benzene rings is 1. The fourth-order valence-corrected chi connectivity index (χ4v) is 2.96. The minimum Gasteiger partial charge on any atom is -0.354 e. The summed E-state index contributed by atoms with van der Waals surface area (Å²) in [6.07, 6.45) is 0.480. The molecule has 7 heteroatoms. The summed E-state index contributed by atoms with van der Waals surface area (Å²) < 4.78 is 0. The lowest BCUT2D eigenvalue weighted by Gasteiger charge is -2.14. The zero-order chi connectivity index (χ0) is 17.6. The quantitative estimate of drug-likeness (QED) is 0.654. The van der Waals surface area contributed by atoms with E-state index >= 15 is 0 Å². The van der Waals surface area contributed by atoms with Gasteiger partial charge in [-0.05, 0) is 18.1 Å². The van der Waals surface area contributed by atoms with E-state index in [9.17, 15) is 9.59 Å². The van der Waals surface area contributed by atoms with Gasteiger partial charge in [-0.15, -0.1) is 0 Å². The molecule has 2 heterocycles. The lowest BCUT2D eigenvalue weighted by Crippen LogP contribution is -2.32. The molecule has 0 spiro atoms. The number of aromatic amines is 1. The van der Waals surface area contributed by atoms with Crippen LogP contribution in [0.4, 0.5) is 5.95 Å². The number of anilines is 1. The van der Waals surface area contributed by atoms with Gasteiger partial charge in [-0.2, -0.15) is 0 Å². The molecular formula is C18H23N5O2. The molecule has 0 fully saturated rings. The highest BCUT2D eigenvalue weighted by molar-refractivity contribution is 5.76. The number of rotatable bonds is 7. The average molecular weight is 341 g/mol. The van der Waals surface area contributed by atoms with Gasteiger partial charge >= 0.3 is 0 Å². The van der Waals surface area contributed by atoms with E-state index in [-0.39, 0.29) is 11.5 Å². The predicted octanol–water partition coefficient (Wildman–Crippen LogP) is 1.01. The molecule has 1 aliphatic rings. The Balaban J connectivity index is 1.33. The number of H-pyrrole nitrogens is 1. The van der Waals surface area contributed by atoms with Crippen LogP contribution in [-0.2, 0) is 17.9 Å². The molecule has 2 aromatic rings. The van der Waals surface area contributed by atoms with Crippen molar-refractivity contribution in [1.29, 1.82) is 0 Å². The molecule has 0 saturated heterocycles. The Hall–Kier alpha value is -2.67. The summed E-state index contributed by atoms with van der Waals surface area (Å²) in [7, 11) is 0. The maximum absolute atomic E-state index is 12.0. The van der Waals surface area contributed by atoms with Crippen LogP contribution in [-0.4, -0.2) is 40.4 Å². The molecule has 1 aliphatic heterocycles. The maximum Gasteiger partial charge on any atom is 0.252 e. The predicted molar refractivity (Wildman–Crippen MR) is 96.3 cm³/mol. The second-order valence-electron chi connectivity index (χ2n) is 6.24. The number of aryl methyl sites for hydroxylation is 1. The molecule has 25 heavy (non-hydrogen) atoms. The number of nitrogens with one attached hydrogen (secondary N) is 3. The maximum atomic E-state index is 12.0. The van der Waals surface area contributed by atoms with Crippen LogP contribution in [0.15, 0.2) is 35.1 Å². The van der Waals surface area contributed by atoms with Crippen molar-refractivity contribution in [3.05, 3.63) is 57.5 Å². The number of fused-ring (bicyclic) bond motifs is 1. The summed E-state index contributed by atoms with van der Waals surface area (Å²) in [5.41, 5.74) is 3.17. The first-order valence-electron chi connectivity index (χ1n) is 8.48. The lowest BCUT2D eigenvalue weighted by molar-refractivity contribution is -0.121. The van der Waals surface area contributed by atoms with E-state index in [4.69, 9.17) is 0 Å². The molecule has 3 rings (SSSR count). The van der Waals surface area contributed by atoms with Crippen molar-refractivity contribution in [2.45, 2.75) is 26.4 Å². The number of amides is 1. The van der Waals surface area contributed by atoms with Crippen LogP contribution >= 0.6 is 0 Å². The molecule has 1 aromatic heterocycles. The molecule has 0 unspecified atom stereocenters. The Morgan fingerprint density at radius 3 is 2.64 bits per heavy atom. The van der Waals surface area contributed by atoms with Gasteiger partial charge in [0.2, 0.25) is 11.9 Å². The van der Waals surface area contributed by atoms with Gasteiger partial charge in [-0.1, -0.05) is 24.3 Å². The second-order valence-corrected chi connectivity index (χ2v) is 6.24. The van der Waals surface area contributed by atoms with Crippen molar-refractivity contribution in [2.75, 3.05) is 25.0 Å². The smallest absolute Gasteiger partial charge is 0.252 e. The third-order valence-corrected chi connectivity index (χ3v) is 4.17. The molecular weight excluding hydrogens is 318 g/mol. The normalized spacial score (nSPS) is 13.5. The summed E-state index contributed by atoms with van der Waals surface area (Å²) in [6, 6.07) is 9.83.